The molecule has 0 aliphatic carbocycles. The van der Waals surface area contributed by atoms with Crippen molar-refractivity contribution in [1.29, 1.82) is 0 Å². The number of hydrogen-bond acceptors (Lipinski definition) is 4. The number of piperidine rings is 1. The number of nitrogens with one attached hydrogen (secondary N) is 1. The topological polar surface area (TPSA) is 71.0 Å². The van der Waals surface area contributed by atoms with E-state index in [4.69, 9.17) is 16.4 Å². The van der Waals surface area contributed by atoms with Gasteiger partial charge in [0.2, 0.25) is 0 Å². The summed E-state index contributed by atoms with van der Waals surface area (Å²) < 4.78 is 0. The largest absolute Gasteiger partial charge is 0.386 e. The van der Waals surface area contributed by atoms with Gasteiger partial charge in [-0.15, -0.1) is 0 Å². The minimum absolute atomic E-state index is 0.111. The van der Waals surface area contributed by atoms with Crippen molar-refractivity contribution in [2.75, 3.05) is 11.9 Å². The van der Waals surface area contributed by atoms with Crippen LogP contribution in [0.1, 0.15) is 44.2 Å². The summed E-state index contributed by atoms with van der Waals surface area (Å²) in [5.41, 5.74) is 2.42. The van der Waals surface area contributed by atoms with Crippen LogP contribution in [0.25, 0.3) is 0 Å². The molecule has 0 radical (unpaired) electrons. The number of halogens is 1. The predicted molar refractivity (Wildman–Crippen MR) is 104 cm³/mol. The first-order valence-corrected chi connectivity index (χ1v) is 9.21. The van der Waals surface area contributed by atoms with Crippen LogP contribution in [0.15, 0.2) is 17.3 Å². The van der Waals surface area contributed by atoms with Crippen LogP contribution in [0.3, 0.4) is 0 Å². The van der Waals surface area contributed by atoms with Gasteiger partial charge in [0, 0.05) is 12.1 Å². The lowest BCUT2D eigenvalue weighted by Crippen LogP contribution is -2.48. The molecule has 1 aliphatic rings. The Balaban J connectivity index is 1.85. The second kappa shape index (κ2) is 9.03. The molecule has 2 unspecified atom stereocenters. The van der Waals surface area contributed by atoms with Gasteiger partial charge in [0.05, 0.1) is 10.7 Å². The third kappa shape index (κ3) is 5.21. The molecule has 0 aromatic heterocycles. The summed E-state index contributed by atoms with van der Waals surface area (Å²) in [5, 5.41) is 6.74. The van der Waals surface area contributed by atoms with E-state index in [1.807, 2.05) is 38.7 Å². The molecule has 1 fully saturated rings. The lowest BCUT2D eigenvalue weighted by Gasteiger charge is -2.38. The van der Waals surface area contributed by atoms with E-state index < -0.39 is 5.91 Å². The van der Waals surface area contributed by atoms with Gasteiger partial charge < -0.3 is 15.1 Å². The first-order valence-electron chi connectivity index (χ1n) is 8.83. The predicted octanol–water partition coefficient (Wildman–Crippen LogP) is 3.69. The molecular weight excluding hydrogens is 354 g/mol. The molecule has 1 aromatic carbocycles. The van der Waals surface area contributed by atoms with Crippen molar-refractivity contribution in [2.45, 2.75) is 59.0 Å². The number of amides is 2. The van der Waals surface area contributed by atoms with Crippen molar-refractivity contribution in [3.8, 4) is 0 Å². The van der Waals surface area contributed by atoms with Crippen LogP contribution in [0.5, 0.6) is 0 Å². The fraction of sp³-hybridized carbons (Fsp3) is 0.526. The molecule has 0 bridgehead atoms. The number of benzene rings is 1. The maximum atomic E-state index is 12.3. The molecule has 1 aromatic rings. The molecule has 142 valence electrons. The van der Waals surface area contributed by atoms with Gasteiger partial charge in [-0.25, -0.2) is 0 Å². The SMILES string of the molecule is Cc1cc(C)c(NC(=O)/C=N/OCC(=O)N2C(C)CCCC2C)c(Cl)c1. The van der Waals surface area contributed by atoms with E-state index in [-0.39, 0.29) is 24.6 Å². The number of nitrogens with zero attached hydrogens (tertiary/aromatic N) is 2. The molecule has 6 nitrogen and oxygen atoms in total. The Labute approximate surface area is 159 Å². The van der Waals surface area contributed by atoms with Crippen LogP contribution in [0.4, 0.5) is 5.69 Å². The van der Waals surface area contributed by atoms with Crippen LogP contribution >= 0.6 is 11.6 Å². The number of likely N-dealkylation sites (tertiary alicyclic amines) is 1. The maximum absolute atomic E-state index is 12.3. The monoisotopic (exact) mass is 379 g/mol. The normalized spacial score (nSPS) is 20.3. The fourth-order valence-corrected chi connectivity index (χ4v) is 3.76. The molecule has 1 saturated heterocycles. The number of carbonyl (C=O) groups is 2. The molecule has 7 heteroatoms. The Morgan fingerprint density at radius 1 is 1.31 bits per heavy atom. The highest BCUT2D eigenvalue weighted by molar-refractivity contribution is 6.37. The lowest BCUT2D eigenvalue weighted by atomic mass is 9.97. The molecule has 2 atom stereocenters. The smallest absolute Gasteiger partial charge is 0.270 e. The summed E-state index contributed by atoms with van der Waals surface area (Å²) in [6.07, 6.45) is 4.13. The highest BCUT2D eigenvalue weighted by Gasteiger charge is 2.28. The molecular formula is C19H26ClN3O3. The number of oxime groups is 1. The number of rotatable bonds is 5. The molecule has 0 spiro atoms. The zero-order valence-corrected chi connectivity index (χ0v) is 16.5. The Kier molecular flexibility index (Phi) is 7.03. The zero-order chi connectivity index (χ0) is 19.3. The highest BCUT2D eigenvalue weighted by atomic mass is 35.5. The summed E-state index contributed by atoms with van der Waals surface area (Å²) in [4.78, 5) is 31.1. The van der Waals surface area contributed by atoms with Gasteiger partial charge in [0.15, 0.2) is 6.61 Å². The lowest BCUT2D eigenvalue weighted by molar-refractivity contribution is -0.142. The van der Waals surface area contributed by atoms with E-state index in [9.17, 15) is 9.59 Å². The van der Waals surface area contributed by atoms with Crippen molar-refractivity contribution in [1.82, 2.24) is 4.90 Å². The third-order valence-electron chi connectivity index (χ3n) is 4.59. The standard InChI is InChI=1S/C19H26ClN3O3/c1-12-8-13(2)19(16(20)9-12)22-17(24)10-21-26-11-18(25)23-14(3)6-5-7-15(23)4/h8-10,14-15H,5-7,11H2,1-4H3,(H,22,24)/b21-10+. The summed E-state index contributed by atoms with van der Waals surface area (Å²) >= 11 is 6.15. The Hall–Kier alpha value is -2.08. The van der Waals surface area contributed by atoms with Gasteiger partial charge in [-0.2, -0.15) is 0 Å². The second-order valence-corrected chi connectivity index (χ2v) is 7.27. The van der Waals surface area contributed by atoms with E-state index >= 15 is 0 Å². The average molecular weight is 380 g/mol. The molecule has 0 saturated carbocycles. The first kappa shape index (κ1) is 20.2. The van der Waals surface area contributed by atoms with Gasteiger partial charge >= 0.3 is 0 Å². The summed E-state index contributed by atoms with van der Waals surface area (Å²) in [6.45, 7) is 7.70. The highest BCUT2D eigenvalue weighted by Crippen LogP contribution is 2.27. The van der Waals surface area contributed by atoms with E-state index in [1.54, 1.807) is 6.07 Å². The van der Waals surface area contributed by atoms with Gasteiger partial charge in [-0.1, -0.05) is 22.8 Å². The quantitative estimate of drug-likeness (QED) is 0.626. The second-order valence-electron chi connectivity index (χ2n) is 6.87. The average Bonchev–Trinajstić information content (AvgIpc) is 2.55. The van der Waals surface area contributed by atoms with Crippen molar-refractivity contribution in [2.24, 2.45) is 5.16 Å². The Morgan fingerprint density at radius 2 is 1.96 bits per heavy atom. The number of anilines is 1. The number of carbonyl (C=O) groups excluding carboxylic acids is 2. The Bertz CT molecular complexity index is 672. The van der Waals surface area contributed by atoms with Gasteiger partial charge in [0.1, 0.15) is 6.21 Å². The van der Waals surface area contributed by atoms with Crippen LogP contribution in [0, 0.1) is 13.8 Å². The van der Waals surface area contributed by atoms with Crippen molar-refractivity contribution in [3.05, 3.63) is 28.3 Å². The van der Waals surface area contributed by atoms with E-state index in [0.717, 1.165) is 36.6 Å². The summed E-state index contributed by atoms with van der Waals surface area (Å²) in [6, 6.07) is 4.11. The molecule has 2 rings (SSSR count). The molecule has 2 amide bonds. The molecule has 1 aliphatic heterocycles. The molecule has 1 N–H and O–H groups in total. The van der Waals surface area contributed by atoms with Crippen LogP contribution in [-0.4, -0.2) is 41.6 Å². The summed E-state index contributed by atoms with van der Waals surface area (Å²) in [5.74, 6) is -0.578. The van der Waals surface area contributed by atoms with Crippen LogP contribution < -0.4 is 5.32 Å². The molecule has 1 heterocycles. The van der Waals surface area contributed by atoms with E-state index in [0.29, 0.717) is 10.7 Å². The zero-order valence-electron chi connectivity index (χ0n) is 15.7. The molecule has 26 heavy (non-hydrogen) atoms. The van der Waals surface area contributed by atoms with Gasteiger partial charge in [-0.05, 0) is 64.2 Å². The third-order valence-corrected chi connectivity index (χ3v) is 4.89. The minimum Gasteiger partial charge on any atom is -0.386 e. The Morgan fingerprint density at radius 3 is 2.58 bits per heavy atom. The fourth-order valence-electron chi connectivity index (χ4n) is 3.39. The number of hydrogen-bond donors (Lipinski definition) is 1. The van der Waals surface area contributed by atoms with Gasteiger partial charge in [-0.3, -0.25) is 9.59 Å². The van der Waals surface area contributed by atoms with Crippen molar-refractivity contribution in [3.63, 3.8) is 0 Å². The number of aryl methyl sites for hydroxylation is 2. The van der Waals surface area contributed by atoms with E-state index in [2.05, 4.69) is 10.5 Å². The van der Waals surface area contributed by atoms with Crippen LogP contribution in [-0.2, 0) is 14.4 Å². The first-order chi connectivity index (χ1) is 12.3. The van der Waals surface area contributed by atoms with Crippen LogP contribution in [0.2, 0.25) is 5.02 Å². The van der Waals surface area contributed by atoms with Crippen molar-refractivity contribution < 1.29 is 14.4 Å². The van der Waals surface area contributed by atoms with Crippen molar-refractivity contribution >= 4 is 35.3 Å². The maximum Gasteiger partial charge on any atom is 0.270 e. The van der Waals surface area contributed by atoms with Gasteiger partial charge in [0.25, 0.3) is 11.8 Å². The minimum atomic E-state index is -0.467. The summed E-state index contributed by atoms with van der Waals surface area (Å²) in [7, 11) is 0. The van der Waals surface area contributed by atoms with E-state index in [1.165, 1.54) is 0 Å².